The van der Waals surface area contributed by atoms with Gasteiger partial charge >= 0.3 is 0 Å². The van der Waals surface area contributed by atoms with Gasteiger partial charge in [0.05, 0.1) is 13.2 Å². The Morgan fingerprint density at radius 2 is 2.00 bits per heavy atom. The molecule has 1 aliphatic rings. The molecule has 0 aliphatic carbocycles. The van der Waals surface area contributed by atoms with Crippen molar-refractivity contribution in [3.05, 3.63) is 25.3 Å². The first-order valence-corrected chi connectivity index (χ1v) is 9.56. The first-order chi connectivity index (χ1) is 12.0. The van der Waals surface area contributed by atoms with Crippen molar-refractivity contribution in [2.24, 2.45) is 16.8 Å². The molecule has 0 aromatic rings. The summed E-state index contributed by atoms with van der Waals surface area (Å²) < 4.78 is 5.50. The molecular formula is C20H38N4O. The Balaban J connectivity index is 2.78. The van der Waals surface area contributed by atoms with Crippen molar-refractivity contribution in [2.75, 3.05) is 53.0 Å². The van der Waals surface area contributed by atoms with Crippen LogP contribution in [0.1, 0.15) is 27.2 Å². The molecule has 0 bridgehead atoms. The predicted molar refractivity (Wildman–Crippen MR) is 108 cm³/mol. The third-order valence-corrected chi connectivity index (χ3v) is 4.65. The van der Waals surface area contributed by atoms with Gasteiger partial charge in [0.25, 0.3) is 0 Å². The van der Waals surface area contributed by atoms with Crippen LogP contribution in [-0.4, -0.2) is 74.8 Å². The molecule has 1 rings (SSSR count). The summed E-state index contributed by atoms with van der Waals surface area (Å²) in [5.41, 5.74) is 0. The van der Waals surface area contributed by atoms with E-state index in [2.05, 4.69) is 56.1 Å². The Kier molecular flexibility index (Phi) is 10.5. The molecule has 2 unspecified atom stereocenters. The third kappa shape index (κ3) is 7.61. The molecule has 1 fully saturated rings. The van der Waals surface area contributed by atoms with Gasteiger partial charge in [-0.1, -0.05) is 26.0 Å². The van der Waals surface area contributed by atoms with Gasteiger partial charge in [-0.15, -0.1) is 13.2 Å². The lowest BCUT2D eigenvalue weighted by atomic mass is 10.0. The third-order valence-electron chi connectivity index (χ3n) is 4.65. The zero-order chi connectivity index (χ0) is 18.7. The molecule has 2 atom stereocenters. The first kappa shape index (κ1) is 21.7. The summed E-state index contributed by atoms with van der Waals surface area (Å²) in [6.07, 6.45) is 5.06. The minimum Gasteiger partial charge on any atom is -0.381 e. The number of nitrogens with one attached hydrogen (secondary N) is 1. The predicted octanol–water partition coefficient (Wildman–Crippen LogP) is 2.62. The van der Waals surface area contributed by atoms with E-state index >= 15 is 0 Å². The van der Waals surface area contributed by atoms with Crippen LogP contribution in [0.25, 0.3) is 0 Å². The topological polar surface area (TPSA) is 40.1 Å². The van der Waals surface area contributed by atoms with Crippen molar-refractivity contribution < 1.29 is 4.74 Å². The normalized spacial score (nSPS) is 19.3. The standard InChI is InChI=1S/C20H38N4O/c1-7-11-24(12-8-2)19(17(4)5)14-22-20(21-9-3)23(6)15-18-10-13-25-16-18/h7-8,17-19H,1-2,9-16H2,3-6H3,(H,21,22). The molecule has 1 N–H and O–H groups in total. The SMILES string of the molecule is C=CCN(CC=C)C(CN=C(NCC)N(C)CC1CCOC1)C(C)C. The summed E-state index contributed by atoms with van der Waals surface area (Å²) in [5, 5.41) is 3.43. The van der Waals surface area contributed by atoms with Crippen LogP contribution in [0.3, 0.4) is 0 Å². The van der Waals surface area contributed by atoms with Crippen molar-refractivity contribution in [3.8, 4) is 0 Å². The molecule has 0 aromatic heterocycles. The lowest BCUT2D eigenvalue weighted by Crippen LogP contribution is -2.45. The van der Waals surface area contributed by atoms with Gasteiger partial charge in [-0.3, -0.25) is 9.89 Å². The molecule has 1 heterocycles. The number of hydrogen-bond donors (Lipinski definition) is 1. The maximum absolute atomic E-state index is 5.50. The molecular weight excluding hydrogens is 312 g/mol. The van der Waals surface area contributed by atoms with E-state index in [-0.39, 0.29) is 0 Å². The molecule has 0 radical (unpaired) electrons. The zero-order valence-corrected chi connectivity index (χ0v) is 16.7. The van der Waals surface area contributed by atoms with Crippen LogP contribution < -0.4 is 5.32 Å². The molecule has 5 nitrogen and oxygen atoms in total. The zero-order valence-electron chi connectivity index (χ0n) is 16.7. The van der Waals surface area contributed by atoms with E-state index in [0.29, 0.717) is 17.9 Å². The van der Waals surface area contributed by atoms with E-state index in [4.69, 9.17) is 9.73 Å². The highest BCUT2D eigenvalue weighted by molar-refractivity contribution is 5.79. The van der Waals surface area contributed by atoms with Crippen molar-refractivity contribution in [1.29, 1.82) is 0 Å². The average Bonchev–Trinajstić information content (AvgIpc) is 3.07. The van der Waals surface area contributed by atoms with Gasteiger partial charge in [0.2, 0.25) is 0 Å². The summed E-state index contributed by atoms with van der Waals surface area (Å²) in [5.74, 6) is 2.10. The van der Waals surface area contributed by atoms with Gasteiger partial charge in [-0.2, -0.15) is 0 Å². The second kappa shape index (κ2) is 12.1. The highest BCUT2D eigenvalue weighted by atomic mass is 16.5. The Morgan fingerprint density at radius 3 is 2.48 bits per heavy atom. The van der Waals surface area contributed by atoms with Gasteiger partial charge < -0.3 is 15.0 Å². The highest BCUT2D eigenvalue weighted by Gasteiger charge is 2.22. The van der Waals surface area contributed by atoms with E-state index in [1.807, 2.05) is 12.2 Å². The summed E-state index contributed by atoms with van der Waals surface area (Å²) >= 11 is 0. The van der Waals surface area contributed by atoms with E-state index in [1.54, 1.807) is 0 Å². The second-order valence-corrected chi connectivity index (χ2v) is 7.15. The Hall–Kier alpha value is -1.33. The Bertz CT molecular complexity index is 406. The monoisotopic (exact) mass is 350 g/mol. The van der Waals surface area contributed by atoms with Crippen LogP contribution in [0.5, 0.6) is 0 Å². The van der Waals surface area contributed by atoms with Crippen LogP contribution in [0.15, 0.2) is 30.3 Å². The fourth-order valence-corrected chi connectivity index (χ4v) is 3.28. The Labute approximate surface area is 154 Å². The van der Waals surface area contributed by atoms with E-state index in [9.17, 15) is 0 Å². The second-order valence-electron chi connectivity index (χ2n) is 7.15. The van der Waals surface area contributed by atoms with Gasteiger partial charge in [0, 0.05) is 51.8 Å². The number of aliphatic imine (C=N–C) groups is 1. The van der Waals surface area contributed by atoms with Crippen LogP contribution in [0, 0.1) is 11.8 Å². The lowest BCUT2D eigenvalue weighted by Gasteiger charge is -2.32. The van der Waals surface area contributed by atoms with Crippen molar-refractivity contribution in [1.82, 2.24) is 15.1 Å². The molecule has 1 saturated heterocycles. The van der Waals surface area contributed by atoms with Crippen LogP contribution >= 0.6 is 0 Å². The smallest absolute Gasteiger partial charge is 0.193 e. The number of guanidine groups is 1. The quantitative estimate of drug-likeness (QED) is 0.353. The highest BCUT2D eigenvalue weighted by Crippen LogP contribution is 2.14. The first-order valence-electron chi connectivity index (χ1n) is 9.56. The minimum absolute atomic E-state index is 0.368. The van der Waals surface area contributed by atoms with Crippen LogP contribution in [0.2, 0.25) is 0 Å². The summed E-state index contributed by atoms with van der Waals surface area (Å²) in [6.45, 7) is 20.5. The maximum atomic E-state index is 5.50. The van der Waals surface area contributed by atoms with E-state index in [1.165, 1.54) is 0 Å². The van der Waals surface area contributed by atoms with Crippen LogP contribution in [0.4, 0.5) is 0 Å². The Morgan fingerprint density at radius 1 is 1.32 bits per heavy atom. The largest absolute Gasteiger partial charge is 0.381 e. The van der Waals surface area contributed by atoms with Gasteiger partial charge in [0.15, 0.2) is 5.96 Å². The lowest BCUT2D eigenvalue weighted by molar-refractivity contribution is 0.180. The maximum Gasteiger partial charge on any atom is 0.193 e. The summed E-state index contributed by atoms with van der Waals surface area (Å²) in [7, 11) is 2.12. The molecule has 0 aromatic carbocycles. The molecule has 0 amide bonds. The van der Waals surface area contributed by atoms with Crippen molar-refractivity contribution >= 4 is 5.96 Å². The number of hydrogen-bond acceptors (Lipinski definition) is 3. The number of rotatable bonds is 11. The molecule has 144 valence electrons. The molecule has 0 saturated carbocycles. The molecule has 5 heteroatoms. The average molecular weight is 351 g/mol. The molecule has 1 aliphatic heterocycles. The van der Waals surface area contributed by atoms with E-state index in [0.717, 1.165) is 58.3 Å². The summed E-state index contributed by atoms with van der Waals surface area (Å²) in [4.78, 5) is 9.58. The number of nitrogens with zero attached hydrogens (tertiary/aromatic N) is 3. The fourth-order valence-electron chi connectivity index (χ4n) is 3.28. The number of ether oxygens (including phenoxy) is 1. The van der Waals surface area contributed by atoms with Gasteiger partial charge in [-0.25, -0.2) is 0 Å². The van der Waals surface area contributed by atoms with Crippen molar-refractivity contribution in [3.63, 3.8) is 0 Å². The summed E-state index contributed by atoms with van der Waals surface area (Å²) in [6, 6.07) is 0.368. The molecule has 25 heavy (non-hydrogen) atoms. The van der Waals surface area contributed by atoms with Gasteiger partial charge in [-0.05, 0) is 19.3 Å². The fraction of sp³-hybridized carbons (Fsp3) is 0.750. The molecule has 0 spiro atoms. The minimum atomic E-state index is 0.368. The van der Waals surface area contributed by atoms with E-state index < -0.39 is 0 Å². The van der Waals surface area contributed by atoms with Gasteiger partial charge in [0.1, 0.15) is 0 Å². The van der Waals surface area contributed by atoms with Crippen molar-refractivity contribution in [2.45, 2.75) is 33.2 Å². The van der Waals surface area contributed by atoms with Crippen LogP contribution in [-0.2, 0) is 4.74 Å².